The Morgan fingerprint density at radius 2 is 1.71 bits per heavy atom. The molecule has 0 fully saturated rings. The van der Waals surface area contributed by atoms with Crippen LogP contribution in [0.2, 0.25) is 5.02 Å². The molecule has 1 aliphatic rings. The predicted molar refractivity (Wildman–Crippen MR) is 110 cm³/mol. The highest BCUT2D eigenvalue weighted by atomic mass is 35.5. The minimum absolute atomic E-state index is 0.0630. The quantitative estimate of drug-likeness (QED) is 0.666. The van der Waals surface area contributed by atoms with Gasteiger partial charge < -0.3 is 15.5 Å². The highest BCUT2D eigenvalue weighted by molar-refractivity contribution is 7.94. The minimum Gasteiger partial charge on any atom is -0.333 e. The van der Waals surface area contributed by atoms with E-state index in [9.17, 15) is 18.0 Å². The van der Waals surface area contributed by atoms with Crippen LogP contribution in [0.25, 0.3) is 0 Å². The van der Waals surface area contributed by atoms with E-state index < -0.39 is 22.1 Å². The second kappa shape index (κ2) is 8.40. The molecule has 0 aliphatic carbocycles. The number of rotatable bonds is 5. The number of hydrogen-bond acceptors (Lipinski definition) is 4. The normalized spacial score (nSPS) is 14.8. The number of nitrogens with zero attached hydrogens (tertiary/aromatic N) is 1. The molecule has 154 valence electrons. The van der Waals surface area contributed by atoms with Crippen LogP contribution in [-0.2, 0) is 10.0 Å². The lowest BCUT2D eigenvalue weighted by Crippen LogP contribution is -2.44. The monoisotopic (exact) mass is 428 g/mol. The van der Waals surface area contributed by atoms with Gasteiger partial charge in [-0.15, -0.1) is 0 Å². The van der Waals surface area contributed by atoms with E-state index in [0.29, 0.717) is 10.7 Å². The molecule has 0 spiro atoms. The van der Waals surface area contributed by atoms with Gasteiger partial charge in [-0.05, 0) is 35.1 Å². The van der Waals surface area contributed by atoms with Crippen LogP contribution in [-0.4, -0.2) is 39.0 Å². The van der Waals surface area contributed by atoms with Crippen molar-refractivity contribution in [2.75, 3.05) is 18.9 Å². The molecule has 2 rings (SSSR count). The molecular weight excluding hydrogens is 404 g/mol. The molecule has 0 saturated carbocycles. The number of carbonyl (C=O) groups is 2. The fourth-order valence-electron chi connectivity index (χ4n) is 2.80. The Labute approximate surface area is 170 Å². The molecule has 10 heteroatoms. The molecule has 3 N–H and O–H groups in total. The lowest BCUT2D eigenvalue weighted by atomic mass is 9.92. The summed E-state index contributed by atoms with van der Waals surface area (Å²) in [7, 11) is -2.70. The Morgan fingerprint density at radius 1 is 1.18 bits per heavy atom. The Kier molecular flexibility index (Phi) is 6.61. The van der Waals surface area contributed by atoms with Crippen LogP contribution in [0.15, 0.2) is 23.2 Å². The van der Waals surface area contributed by atoms with Crippen LogP contribution >= 0.6 is 11.6 Å². The van der Waals surface area contributed by atoms with Gasteiger partial charge in [-0.1, -0.05) is 39.3 Å². The van der Waals surface area contributed by atoms with Crippen molar-refractivity contribution in [1.29, 1.82) is 0 Å². The van der Waals surface area contributed by atoms with E-state index in [1.165, 1.54) is 13.2 Å². The van der Waals surface area contributed by atoms with E-state index in [1.807, 2.05) is 32.4 Å². The predicted octanol–water partition coefficient (Wildman–Crippen LogP) is 3.53. The van der Waals surface area contributed by atoms with E-state index >= 15 is 0 Å². The summed E-state index contributed by atoms with van der Waals surface area (Å²) in [5, 5.41) is 5.64. The van der Waals surface area contributed by atoms with Crippen LogP contribution in [0.3, 0.4) is 0 Å². The number of halogens is 1. The van der Waals surface area contributed by atoms with Gasteiger partial charge in [-0.2, -0.15) is 0 Å². The first-order chi connectivity index (χ1) is 12.9. The second-order valence-corrected chi connectivity index (χ2v) is 9.37. The number of amides is 4. The maximum Gasteiger partial charge on any atom is 0.333 e. The van der Waals surface area contributed by atoms with Crippen LogP contribution in [0.5, 0.6) is 0 Å². The lowest BCUT2D eigenvalue weighted by molar-refractivity contribution is 0.221. The lowest BCUT2D eigenvalue weighted by Gasteiger charge is -2.23. The smallest absolute Gasteiger partial charge is 0.333 e. The third kappa shape index (κ3) is 4.96. The third-order valence-corrected chi connectivity index (χ3v) is 5.90. The van der Waals surface area contributed by atoms with Gasteiger partial charge in [0, 0.05) is 24.0 Å². The van der Waals surface area contributed by atoms with Gasteiger partial charge in [0.05, 0.1) is 6.54 Å². The summed E-state index contributed by atoms with van der Waals surface area (Å²) in [6, 6.07) is 2.21. The molecule has 0 aromatic heterocycles. The first-order valence-electron chi connectivity index (χ1n) is 8.81. The summed E-state index contributed by atoms with van der Waals surface area (Å²) in [4.78, 5) is 24.9. The molecule has 0 unspecified atom stereocenters. The second-order valence-electron chi connectivity index (χ2n) is 7.19. The third-order valence-electron chi connectivity index (χ3n) is 4.29. The van der Waals surface area contributed by atoms with Gasteiger partial charge in [0.25, 0.3) is 10.0 Å². The van der Waals surface area contributed by atoms with E-state index in [1.54, 1.807) is 12.1 Å². The van der Waals surface area contributed by atoms with E-state index in [-0.39, 0.29) is 23.3 Å². The molecule has 1 heterocycles. The Bertz CT molecular complexity index is 897. The molecule has 1 aromatic rings. The molecule has 0 bridgehead atoms. The van der Waals surface area contributed by atoms with Gasteiger partial charge in [0.1, 0.15) is 4.91 Å². The first-order valence-corrected chi connectivity index (χ1v) is 10.7. The van der Waals surface area contributed by atoms with Crippen molar-refractivity contribution in [2.45, 2.75) is 39.5 Å². The molecule has 0 atom stereocenters. The molecule has 8 nitrogen and oxygen atoms in total. The van der Waals surface area contributed by atoms with E-state index in [2.05, 4.69) is 10.6 Å². The van der Waals surface area contributed by atoms with Gasteiger partial charge in [0.2, 0.25) is 0 Å². The molecule has 1 aromatic carbocycles. The van der Waals surface area contributed by atoms with E-state index in [4.69, 9.17) is 11.6 Å². The Balaban J connectivity index is 2.30. The van der Waals surface area contributed by atoms with Gasteiger partial charge >= 0.3 is 12.1 Å². The topological polar surface area (TPSA) is 108 Å². The zero-order valence-electron chi connectivity index (χ0n) is 16.5. The number of benzene rings is 1. The summed E-state index contributed by atoms with van der Waals surface area (Å²) < 4.78 is 27.0. The zero-order valence-corrected chi connectivity index (χ0v) is 18.0. The number of hydrogen-bond donors (Lipinski definition) is 3. The average molecular weight is 429 g/mol. The maximum absolute atomic E-state index is 12.5. The fraction of sp³-hybridized carbons (Fsp3) is 0.444. The average Bonchev–Trinajstić information content (AvgIpc) is 2.57. The summed E-state index contributed by atoms with van der Waals surface area (Å²) in [6.45, 7) is 7.64. The van der Waals surface area contributed by atoms with Crippen LogP contribution in [0.1, 0.15) is 50.7 Å². The highest BCUT2D eigenvalue weighted by Crippen LogP contribution is 2.35. The summed E-state index contributed by atoms with van der Waals surface area (Å²) in [6.07, 6.45) is 1.18. The van der Waals surface area contributed by atoms with Crippen LogP contribution in [0.4, 0.5) is 15.3 Å². The summed E-state index contributed by atoms with van der Waals surface area (Å²) in [5.41, 5.74) is 2.17. The molecular formula is C18H25ClN4O4S. The Hall–Kier alpha value is -2.26. The minimum atomic E-state index is -4.12. The largest absolute Gasteiger partial charge is 0.333 e. The molecule has 0 radical (unpaired) electrons. The van der Waals surface area contributed by atoms with Gasteiger partial charge in [0.15, 0.2) is 0 Å². The first kappa shape index (κ1) is 22.0. The van der Waals surface area contributed by atoms with Gasteiger partial charge in [-0.3, -0.25) is 0 Å². The number of urea groups is 2. The Morgan fingerprint density at radius 3 is 2.18 bits per heavy atom. The summed E-state index contributed by atoms with van der Waals surface area (Å²) >= 11 is 6.21. The standard InChI is InChI=1S/C18H25ClN4O4S/c1-10(2)14-6-12(19)7-15(11(3)4)16(14)21-17(24)22-28(26,27)13-8-20-18(25)23(5)9-13/h6-7,9-11H,8H2,1-5H3,(H,20,25)(H2,21,22,24). The fourth-order valence-corrected chi connectivity index (χ4v) is 4.02. The van der Waals surface area contributed by atoms with Crippen molar-refractivity contribution in [2.24, 2.45) is 0 Å². The SMILES string of the molecule is CC(C)c1cc(Cl)cc(C(C)C)c1NC(=O)NS(=O)(=O)C1=CN(C)C(=O)NC1. The zero-order chi connectivity index (χ0) is 21.2. The molecule has 1 aliphatic heterocycles. The number of carbonyl (C=O) groups excluding carboxylic acids is 2. The van der Waals surface area contributed by atoms with Crippen molar-refractivity contribution in [1.82, 2.24) is 14.9 Å². The van der Waals surface area contributed by atoms with E-state index in [0.717, 1.165) is 16.0 Å². The van der Waals surface area contributed by atoms with Crippen molar-refractivity contribution >= 4 is 39.4 Å². The number of sulfonamides is 1. The summed E-state index contributed by atoms with van der Waals surface area (Å²) in [5.74, 6) is 0.126. The van der Waals surface area contributed by atoms with Crippen molar-refractivity contribution in [3.63, 3.8) is 0 Å². The molecule has 4 amide bonds. The highest BCUT2D eigenvalue weighted by Gasteiger charge is 2.27. The molecule has 0 saturated heterocycles. The number of nitrogens with one attached hydrogen (secondary N) is 3. The van der Waals surface area contributed by atoms with Crippen molar-refractivity contribution in [3.05, 3.63) is 39.4 Å². The van der Waals surface area contributed by atoms with Gasteiger partial charge in [-0.25, -0.2) is 22.7 Å². The molecule has 28 heavy (non-hydrogen) atoms. The maximum atomic E-state index is 12.5. The van der Waals surface area contributed by atoms with Crippen molar-refractivity contribution < 1.29 is 18.0 Å². The van der Waals surface area contributed by atoms with Crippen LogP contribution < -0.4 is 15.4 Å². The van der Waals surface area contributed by atoms with Crippen LogP contribution in [0, 0.1) is 0 Å². The van der Waals surface area contributed by atoms with Crippen molar-refractivity contribution in [3.8, 4) is 0 Å². The number of anilines is 1.